The van der Waals surface area contributed by atoms with Gasteiger partial charge in [0.2, 0.25) is 0 Å². The van der Waals surface area contributed by atoms with Crippen molar-refractivity contribution in [2.45, 2.75) is 0 Å². The summed E-state index contributed by atoms with van der Waals surface area (Å²) < 4.78 is 11.4. The molecule has 0 atom stereocenters. The fourth-order valence-corrected chi connectivity index (χ4v) is 3.86. The van der Waals surface area contributed by atoms with Crippen LogP contribution >= 0.6 is 11.3 Å². The van der Waals surface area contributed by atoms with Crippen LogP contribution in [0, 0.1) is 0 Å². The zero-order chi connectivity index (χ0) is 22.5. The first-order chi connectivity index (χ1) is 15.6. The third-order valence-electron chi connectivity index (χ3n) is 4.56. The molecule has 0 spiro atoms. The van der Waals surface area contributed by atoms with Crippen LogP contribution in [-0.4, -0.2) is 31.1 Å². The van der Waals surface area contributed by atoms with E-state index in [1.165, 1.54) is 18.4 Å². The number of carbonyl (C=O) groups excluding carboxylic acids is 2. The van der Waals surface area contributed by atoms with Gasteiger partial charge in [-0.1, -0.05) is 29.5 Å². The number of nitrogens with zero attached hydrogens (tertiary/aromatic N) is 1. The minimum atomic E-state index is -0.441. The SMILES string of the molecule is COc1ccc(OC)c(NC(=O)Nc2ccc3sc(NC(=O)c4ccccc4)nc3c2)c1. The first-order valence-electron chi connectivity index (χ1n) is 9.63. The Bertz CT molecular complexity index is 1270. The number of urea groups is 1. The first-order valence-corrected chi connectivity index (χ1v) is 10.4. The van der Waals surface area contributed by atoms with E-state index in [1.807, 2.05) is 12.1 Å². The molecule has 4 rings (SSSR count). The monoisotopic (exact) mass is 448 g/mol. The highest BCUT2D eigenvalue weighted by Crippen LogP contribution is 2.30. The first kappa shape index (κ1) is 21.1. The van der Waals surface area contributed by atoms with Gasteiger partial charge >= 0.3 is 6.03 Å². The van der Waals surface area contributed by atoms with Crippen LogP contribution in [0.15, 0.2) is 66.7 Å². The maximum absolute atomic E-state index is 12.5. The Morgan fingerprint density at radius 1 is 0.875 bits per heavy atom. The molecule has 0 saturated heterocycles. The molecule has 0 unspecified atom stereocenters. The van der Waals surface area contributed by atoms with Crippen LogP contribution in [0.25, 0.3) is 10.2 Å². The number of carbonyl (C=O) groups is 2. The summed E-state index contributed by atoms with van der Waals surface area (Å²) in [7, 11) is 3.07. The number of amides is 3. The van der Waals surface area contributed by atoms with Crippen LogP contribution in [0.1, 0.15) is 10.4 Å². The van der Waals surface area contributed by atoms with E-state index in [0.29, 0.717) is 39.1 Å². The lowest BCUT2D eigenvalue weighted by Gasteiger charge is -2.12. The zero-order valence-electron chi connectivity index (χ0n) is 17.3. The minimum absolute atomic E-state index is 0.227. The van der Waals surface area contributed by atoms with Crippen molar-refractivity contribution in [1.82, 2.24) is 4.98 Å². The maximum Gasteiger partial charge on any atom is 0.323 e. The topological polar surface area (TPSA) is 102 Å². The van der Waals surface area contributed by atoms with Crippen LogP contribution in [0.5, 0.6) is 11.5 Å². The molecule has 162 valence electrons. The number of anilines is 3. The molecule has 0 bridgehead atoms. The highest BCUT2D eigenvalue weighted by atomic mass is 32.1. The summed E-state index contributed by atoms with van der Waals surface area (Å²) in [5.74, 6) is 0.874. The lowest BCUT2D eigenvalue weighted by atomic mass is 10.2. The molecule has 1 heterocycles. The lowest BCUT2D eigenvalue weighted by molar-refractivity contribution is 0.102. The van der Waals surface area contributed by atoms with Gasteiger partial charge < -0.3 is 20.1 Å². The Hall–Kier alpha value is -4.11. The highest BCUT2D eigenvalue weighted by molar-refractivity contribution is 7.22. The van der Waals surface area contributed by atoms with Crippen LogP contribution < -0.4 is 25.4 Å². The van der Waals surface area contributed by atoms with Gasteiger partial charge in [0, 0.05) is 17.3 Å². The van der Waals surface area contributed by atoms with Crippen molar-refractivity contribution in [3.63, 3.8) is 0 Å². The van der Waals surface area contributed by atoms with Gasteiger partial charge in [-0.15, -0.1) is 0 Å². The predicted octanol–water partition coefficient (Wildman–Crippen LogP) is 5.21. The van der Waals surface area contributed by atoms with E-state index in [-0.39, 0.29) is 5.91 Å². The minimum Gasteiger partial charge on any atom is -0.497 e. The second-order valence-corrected chi connectivity index (χ2v) is 7.70. The Labute approximate surface area is 188 Å². The van der Waals surface area contributed by atoms with Gasteiger partial charge in [-0.25, -0.2) is 9.78 Å². The quantitative estimate of drug-likeness (QED) is 0.376. The Morgan fingerprint density at radius 3 is 2.44 bits per heavy atom. The van der Waals surface area contributed by atoms with Gasteiger partial charge in [0.25, 0.3) is 5.91 Å². The van der Waals surface area contributed by atoms with Gasteiger partial charge in [-0.3, -0.25) is 10.1 Å². The Kier molecular flexibility index (Phi) is 6.18. The largest absolute Gasteiger partial charge is 0.497 e. The van der Waals surface area contributed by atoms with Crippen molar-refractivity contribution in [2.24, 2.45) is 0 Å². The van der Waals surface area contributed by atoms with Crippen molar-refractivity contribution < 1.29 is 19.1 Å². The van der Waals surface area contributed by atoms with Gasteiger partial charge in [0.1, 0.15) is 11.5 Å². The Balaban J connectivity index is 1.46. The Morgan fingerprint density at radius 2 is 1.69 bits per heavy atom. The van der Waals surface area contributed by atoms with Crippen LogP contribution in [-0.2, 0) is 0 Å². The predicted molar refractivity (Wildman–Crippen MR) is 126 cm³/mol. The molecule has 3 amide bonds. The van der Waals surface area contributed by atoms with Crippen molar-refractivity contribution in [2.75, 3.05) is 30.2 Å². The van der Waals surface area contributed by atoms with E-state index in [2.05, 4.69) is 20.9 Å². The van der Waals surface area contributed by atoms with E-state index in [9.17, 15) is 9.59 Å². The number of fused-ring (bicyclic) bond motifs is 1. The summed E-state index contributed by atoms with van der Waals surface area (Å²) in [5.41, 5.74) is 2.25. The van der Waals surface area contributed by atoms with E-state index in [4.69, 9.17) is 9.47 Å². The summed E-state index contributed by atoms with van der Waals surface area (Å²) in [6, 6.07) is 19.0. The summed E-state index contributed by atoms with van der Waals surface area (Å²) in [6.07, 6.45) is 0. The second-order valence-electron chi connectivity index (χ2n) is 6.67. The lowest BCUT2D eigenvalue weighted by Crippen LogP contribution is -2.19. The molecule has 3 aromatic carbocycles. The smallest absolute Gasteiger partial charge is 0.323 e. The van der Waals surface area contributed by atoms with E-state index in [0.717, 1.165) is 4.70 Å². The molecule has 9 heteroatoms. The zero-order valence-corrected chi connectivity index (χ0v) is 18.2. The van der Waals surface area contributed by atoms with E-state index >= 15 is 0 Å². The number of hydrogen-bond acceptors (Lipinski definition) is 6. The molecule has 1 aromatic heterocycles. The number of ether oxygens (including phenoxy) is 2. The molecule has 0 aliphatic carbocycles. The molecule has 8 nitrogen and oxygen atoms in total. The van der Waals surface area contributed by atoms with E-state index in [1.54, 1.807) is 61.7 Å². The van der Waals surface area contributed by atoms with Crippen LogP contribution in [0.4, 0.5) is 21.3 Å². The average molecular weight is 449 g/mol. The third kappa shape index (κ3) is 4.79. The average Bonchev–Trinajstić information content (AvgIpc) is 3.21. The number of hydrogen-bond donors (Lipinski definition) is 3. The van der Waals surface area contributed by atoms with Crippen molar-refractivity contribution in [3.8, 4) is 11.5 Å². The maximum atomic E-state index is 12.5. The normalized spacial score (nSPS) is 10.4. The molecule has 0 aliphatic rings. The van der Waals surface area contributed by atoms with Crippen molar-refractivity contribution >= 4 is 50.0 Å². The highest BCUT2D eigenvalue weighted by Gasteiger charge is 2.12. The molecule has 0 fully saturated rings. The standard InChI is InChI=1S/C23H20N4O4S/c1-30-16-9-10-19(31-2)17(13-16)25-22(29)24-15-8-11-20-18(12-15)26-23(32-20)27-21(28)14-6-4-3-5-7-14/h3-13H,1-2H3,(H2,24,25,29)(H,26,27,28). The van der Waals surface area contributed by atoms with Gasteiger partial charge in [0.15, 0.2) is 5.13 Å². The van der Waals surface area contributed by atoms with Gasteiger partial charge in [-0.05, 0) is 42.5 Å². The molecular weight excluding hydrogens is 428 g/mol. The van der Waals surface area contributed by atoms with Crippen molar-refractivity contribution in [1.29, 1.82) is 0 Å². The van der Waals surface area contributed by atoms with Crippen LogP contribution in [0.2, 0.25) is 0 Å². The number of nitrogens with one attached hydrogen (secondary N) is 3. The number of methoxy groups -OCH3 is 2. The second kappa shape index (κ2) is 9.36. The molecule has 0 aliphatic heterocycles. The molecule has 3 N–H and O–H groups in total. The van der Waals surface area contributed by atoms with Gasteiger partial charge in [0.05, 0.1) is 30.1 Å². The molecule has 0 radical (unpaired) electrons. The number of aromatic nitrogens is 1. The summed E-state index contributed by atoms with van der Waals surface area (Å²) in [6.45, 7) is 0. The molecular formula is C23H20N4O4S. The molecule has 0 saturated carbocycles. The summed E-state index contributed by atoms with van der Waals surface area (Å²) in [5, 5.41) is 8.82. The fourth-order valence-electron chi connectivity index (χ4n) is 3.01. The summed E-state index contributed by atoms with van der Waals surface area (Å²) >= 11 is 1.36. The van der Waals surface area contributed by atoms with Crippen molar-refractivity contribution in [3.05, 3.63) is 72.3 Å². The number of benzene rings is 3. The van der Waals surface area contributed by atoms with E-state index < -0.39 is 6.03 Å². The third-order valence-corrected chi connectivity index (χ3v) is 5.51. The molecule has 4 aromatic rings. The number of thiazole rings is 1. The molecule has 32 heavy (non-hydrogen) atoms. The summed E-state index contributed by atoms with van der Waals surface area (Å²) in [4.78, 5) is 29.3. The van der Waals surface area contributed by atoms with Crippen LogP contribution in [0.3, 0.4) is 0 Å². The van der Waals surface area contributed by atoms with Gasteiger partial charge in [-0.2, -0.15) is 0 Å². The number of rotatable bonds is 6. The fraction of sp³-hybridized carbons (Fsp3) is 0.0870.